The quantitative estimate of drug-likeness (QED) is 0.737. The van der Waals surface area contributed by atoms with Gasteiger partial charge in [0.05, 0.1) is 18.5 Å². The summed E-state index contributed by atoms with van der Waals surface area (Å²) < 4.78 is 28.8. The fourth-order valence-electron chi connectivity index (χ4n) is 2.54. The van der Waals surface area contributed by atoms with Crippen LogP contribution in [0.1, 0.15) is 18.5 Å². The second-order valence-electron chi connectivity index (χ2n) is 5.51. The summed E-state index contributed by atoms with van der Waals surface area (Å²) in [6, 6.07) is 6.86. The van der Waals surface area contributed by atoms with Crippen LogP contribution < -0.4 is 10.1 Å². The number of nitrogens with zero attached hydrogens (tertiary/aromatic N) is 2. The van der Waals surface area contributed by atoms with E-state index in [-0.39, 0.29) is 10.9 Å². The molecule has 0 fully saturated rings. The van der Waals surface area contributed by atoms with Crippen LogP contribution in [0.2, 0.25) is 0 Å². The molecule has 7 nitrogen and oxygen atoms in total. The molecule has 1 aromatic carbocycles. The zero-order valence-corrected chi connectivity index (χ0v) is 14.4. The highest BCUT2D eigenvalue weighted by atomic mass is 32.2. The molecule has 1 unspecified atom stereocenters. The van der Waals surface area contributed by atoms with E-state index in [1.54, 1.807) is 24.4 Å². The predicted octanol–water partition coefficient (Wildman–Crippen LogP) is 2.54. The predicted molar refractivity (Wildman–Crippen MR) is 92.0 cm³/mol. The second kappa shape index (κ2) is 6.12. The Bertz CT molecular complexity index is 982. The van der Waals surface area contributed by atoms with Crippen LogP contribution >= 0.6 is 0 Å². The summed E-state index contributed by atoms with van der Waals surface area (Å²) in [6.07, 6.45) is 4.45. The third-order valence-electron chi connectivity index (χ3n) is 3.79. The molecule has 0 aliphatic rings. The van der Waals surface area contributed by atoms with Crippen molar-refractivity contribution in [1.82, 2.24) is 15.0 Å². The minimum Gasteiger partial charge on any atom is -0.495 e. The summed E-state index contributed by atoms with van der Waals surface area (Å²) in [4.78, 5) is 11.6. The number of hydrogen-bond acceptors (Lipinski definition) is 6. The molecule has 0 aliphatic carbocycles. The lowest BCUT2D eigenvalue weighted by Gasteiger charge is -2.17. The van der Waals surface area contributed by atoms with E-state index in [0.717, 1.165) is 22.9 Å². The van der Waals surface area contributed by atoms with Crippen molar-refractivity contribution < 1.29 is 13.2 Å². The van der Waals surface area contributed by atoms with Crippen molar-refractivity contribution in [3.8, 4) is 5.75 Å². The Hall–Kier alpha value is -2.61. The van der Waals surface area contributed by atoms with Gasteiger partial charge < -0.3 is 15.0 Å². The van der Waals surface area contributed by atoms with E-state index in [1.165, 1.54) is 13.4 Å². The fourth-order valence-corrected chi connectivity index (χ4v) is 3.36. The summed E-state index contributed by atoms with van der Waals surface area (Å²) in [6.45, 7) is 1.97. The zero-order chi connectivity index (χ0) is 17.3. The number of benzene rings is 1. The Kier molecular flexibility index (Phi) is 4.15. The summed E-state index contributed by atoms with van der Waals surface area (Å²) >= 11 is 0. The van der Waals surface area contributed by atoms with E-state index in [2.05, 4.69) is 20.3 Å². The summed E-state index contributed by atoms with van der Waals surface area (Å²) in [5, 5.41) is 4.21. The van der Waals surface area contributed by atoms with Crippen molar-refractivity contribution in [2.45, 2.75) is 17.9 Å². The normalized spacial score (nSPS) is 13.0. The highest BCUT2D eigenvalue weighted by Crippen LogP contribution is 2.29. The van der Waals surface area contributed by atoms with Gasteiger partial charge in [-0.15, -0.1) is 0 Å². The van der Waals surface area contributed by atoms with Crippen LogP contribution in [-0.4, -0.2) is 36.7 Å². The third kappa shape index (κ3) is 3.05. The van der Waals surface area contributed by atoms with Crippen LogP contribution in [0.25, 0.3) is 11.0 Å². The van der Waals surface area contributed by atoms with E-state index >= 15 is 0 Å². The molecule has 1 atom stereocenters. The van der Waals surface area contributed by atoms with E-state index in [0.29, 0.717) is 11.6 Å². The van der Waals surface area contributed by atoms with E-state index in [4.69, 9.17) is 4.74 Å². The van der Waals surface area contributed by atoms with Crippen LogP contribution in [0.15, 0.2) is 41.7 Å². The minimum atomic E-state index is -3.34. The number of aromatic amines is 1. The molecule has 2 aromatic heterocycles. The van der Waals surface area contributed by atoms with E-state index in [1.807, 2.05) is 13.0 Å². The van der Waals surface area contributed by atoms with Gasteiger partial charge in [0, 0.05) is 12.5 Å². The first kappa shape index (κ1) is 16.3. The number of rotatable bonds is 5. The Morgan fingerprint density at radius 1 is 1.25 bits per heavy atom. The number of hydrogen-bond donors (Lipinski definition) is 2. The van der Waals surface area contributed by atoms with Gasteiger partial charge in [-0.25, -0.2) is 18.4 Å². The number of aromatic nitrogens is 3. The first-order valence-corrected chi connectivity index (χ1v) is 9.22. The molecule has 0 amide bonds. The van der Waals surface area contributed by atoms with Crippen molar-refractivity contribution in [3.63, 3.8) is 0 Å². The van der Waals surface area contributed by atoms with E-state index in [9.17, 15) is 8.42 Å². The largest absolute Gasteiger partial charge is 0.495 e. The molecule has 0 saturated heterocycles. The molecular weight excluding hydrogens is 328 g/mol. The van der Waals surface area contributed by atoms with Gasteiger partial charge in [0.2, 0.25) is 0 Å². The van der Waals surface area contributed by atoms with Crippen molar-refractivity contribution in [2.75, 3.05) is 18.7 Å². The number of ether oxygens (including phenoxy) is 1. The zero-order valence-electron chi connectivity index (χ0n) is 13.6. The van der Waals surface area contributed by atoms with Crippen molar-refractivity contribution in [2.24, 2.45) is 0 Å². The lowest BCUT2D eigenvalue weighted by atomic mass is 10.1. The highest BCUT2D eigenvalue weighted by Gasteiger charge is 2.17. The number of H-pyrrole nitrogens is 1. The first-order chi connectivity index (χ1) is 11.4. The number of anilines is 1. The van der Waals surface area contributed by atoms with Crippen LogP contribution in [0.5, 0.6) is 5.75 Å². The molecular formula is C16H18N4O3S. The molecule has 24 heavy (non-hydrogen) atoms. The highest BCUT2D eigenvalue weighted by molar-refractivity contribution is 7.90. The molecule has 8 heteroatoms. The number of methoxy groups -OCH3 is 1. The average molecular weight is 346 g/mol. The maximum atomic E-state index is 11.8. The maximum absolute atomic E-state index is 11.8. The SMILES string of the molecule is COc1cc(C(C)Nc2ncnc3[nH]ccc23)ccc1S(C)(=O)=O. The summed E-state index contributed by atoms with van der Waals surface area (Å²) in [5.41, 5.74) is 1.64. The van der Waals surface area contributed by atoms with E-state index < -0.39 is 9.84 Å². The second-order valence-corrected chi connectivity index (χ2v) is 7.49. The molecule has 0 radical (unpaired) electrons. The molecule has 3 rings (SSSR count). The van der Waals surface area contributed by atoms with Crippen LogP contribution in [-0.2, 0) is 9.84 Å². The number of fused-ring (bicyclic) bond motifs is 1. The lowest BCUT2D eigenvalue weighted by Crippen LogP contribution is -2.09. The number of nitrogens with one attached hydrogen (secondary N) is 2. The monoisotopic (exact) mass is 346 g/mol. The molecule has 126 valence electrons. The van der Waals surface area contributed by atoms with Crippen molar-refractivity contribution in [1.29, 1.82) is 0 Å². The standard InChI is InChI=1S/C16H18N4O3S/c1-10(20-16-12-6-7-17-15(12)18-9-19-16)11-4-5-14(24(3,21)22)13(8-11)23-2/h4-10H,1-3H3,(H2,17,18,19,20). The Labute approximate surface area is 140 Å². The fraction of sp³-hybridized carbons (Fsp3) is 0.250. The Balaban J connectivity index is 1.93. The van der Waals surface area contributed by atoms with Gasteiger partial charge >= 0.3 is 0 Å². The van der Waals surface area contributed by atoms with Gasteiger partial charge in [0.15, 0.2) is 9.84 Å². The molecule has 2 N–H and O–H groups in total. The van der Waals surface area contributed by atoms with Crippen LogP contribution in [0, 0.1) is 0 Å². The summed E-state index contributed by atoms with van der Waals surface area (Å²) in [5.74, 6) is 1.04. The molecule has 2 heterocycles. The topological polar surface area (TPSA) is 97.0 Å². The van der Waals surface area contributed by atoms with Gasteiger partial charge in [-0.3, -0.25) is 0 Å². The smallest absolute Gasteiger partial charge is 0.179 e. The van der Waals surface area contributed by atoms with Crippen molar-refractivity contribution in [3.05, 3.63) is 42.4 Å². The van der Waals surface area contributed by atoms with Gasteiger partial charge in [-0.05, 0) is 30.7 Å². The Morgan fingerprint density at radius 2 is 2.04 bits per heavy atom. The average Bonchev–Trinajstić information content (AvgIpc) is 3.03. The minimum absolute atomic E-state index is 0.0967. The molecule has 3 aromatic rings. The molecule has 0 bridgehead atoms. The van der Waals surface area contributed by atoms with Crippen LogP contribution in [0.4, 0.5) is 5.82 Å². The van der Waals surface area contributed by atoms with Gasteiger partial charge in [-0.2, -0.15) is 0 Å². The molecule has 0 spiro atoms. The maximum Gasteiger partial charge on any atom is 0.179 e. The lowest BCUT2D eigenvalue weighted by molar-refractivity contribution is 0.402. The van der Waals surface area contributed by atoms with Gasteiger partial charge in [0.25, 0.3) is 0 Å². The van der Waals surface area contributed by atoms with Crippen molar-refractivity contribution >= 4 is 26.7 Å². The van der Waals surface area contributed by atoms with Crippen LogP contribution in [0.3, 0.4) is 0 Å². The number of sulfone groups is 1. The molecule has 0 saturated carbocycles. The third-order valence-corrected chi connectivity index (χ3v) is 4.93. The summed E-state index contributed by atoms with van der Waals surface area (Å²) in [7, 11) is -1.88. The molecule has 0 aliphatic heterocycles. The van der Waals surface area contributed by atoms with Gasteiger partial charge in [0.1, 0.15) is 28.4 Å². The first-order valence-electron chi connectivity index (χ1n) is 7.33. The Morgan fingerprint density at radius 3 is 2.75 bits per heavy atom. The van der Waals surface area contributed by atoms with Gasteiger partial charge in [-0.1, -0.05) is 6.07 Å².